The van der Waals surface area contributed by atoms with Gasteiger partial charge < -0.3 is 0 Å². The molecule has 1 saturated heterocycles. The van der Waals surface area contributed by atoms with Gasteiger partial charge in [0, 0.05) is 44.9 Å². The molecule has 4 aliphatic carbocycles. The Bertz CT molecular complexity index is 686. The molecule has 0 spiro atoms. The van der Waals surface area contributed by atoms with Crippen LogP contribution in [0.5, 0.6) is 0 Å². The Balaban J connectivity index is 0.000000252. The molecule has 0 N–H and O–H groups in total. The molecule has 0 bridgehead atoms. The highest BCUT2D eigenvalue weighted by Crippen LogP contribution is 2.46. The van der Waals surface area contributed by atoms with E-state index < -0.39 is 41.1 Å². The second-order valence-electron chi connectivity index (χ2n) is 12.2. The first-order valence-corrected chi connectivity index (χ1v) is 14.3. The SMILES string of the molecule is CC1(F)CCCC(F)(F)O1.CC1(F)CCCC1.CC1(F)CCCC1(F)F.FC1(F)CCC1.FC1(F)CCCCC1. The van der Waals surface area contributed by atoms with Gasteiger partial charge in [-0.05, 0) is 72.1 Å². The van der Waals surface area contributed by atoms with E-state index in [4.69, 9.17) is 0 Å². The lowest BCUT2D eigenvalue weighted by Crippen LogP contribution is -2.38. The standard InChI is InChI=1S/C6H9F3O.C6H9F3.C6H10F2.C6H11F.C4H6F2/c1-5(7)3-2-4-6(8,9)10-5;1-5(7)3-2-4-6(5,8)9;7-6(8)4-2-1-3-5-6;1-6(7)4-2-3-5-6;5-4(6)2-1-3-4/h2-4H2,1H3;2-4H2,1H3;1-5H2;2-5H2,1H3;1-3H2. The zero-order chi connectivity index (χ0) is 30.9. The van der Waals surface area contributed by atoms with Gasteiger partial charge in [0.1, 0.15) is 5.67 Å². The topological polar surface area (TPSA) is 9.23 Å². The van der Waals surface area contributed by atoms with Crippen LogP contribution in [-0.4, -0.2) is 41.1 Å². The summed E-state index contributed by atoms with van der Waals surface area (Å²) in [5, 5.41) is 0. The van der Waals surface area contributed by atoms with E-state index in [-0.39, 0.29) is 57.8 Å². The molecule has 12 heteroatoms. The van der Waals surface area contributed by atoms with Crippen LogP contribution in [0.15, 0.2) is 0 Å². The first-order chi connectivity index (χ1) is 18.0. The molecular formula is C28H45F11O. The third kappa shape index (κ3) is 14.9. The van der Waals surface area contributed by atoms with Gasteiger partial charge in [0.15, 0.2) is 5.67 Å². The molecule has 0 amide bonds. The largest absolute Gasteiger partial charge is 0.358 e. The third-order valence-electron chi connectivity index (χ3n) is 7.67. The summed E-state index contributed by atoms with van der Waals surface area (Å²) in [6.45, 7) is 3.69. The molecule has 40 heavy (non-hydrogen) atoms. The van der Waals surface area contributed by atoms with Gasteiger partial charge in [-0.25, -0.2) is 39.5 Å². The van der Waals surface area contributed by atoms with Crippen molar-refractivity contribution < 1.29 is 53.0 Å². The van der Waals surface area contributed by atoms with Crippen molar-refractivity contribution in [2.45, 2.75) is 177 Å². The molecule has 2 unspecified atom stereocenters. The smallest absolute Gasteiger partial charge is 0.283 e. The van der Waals surface area contributed by atoms with Crippen LogP contribution in [0.3, 0.4) is 0 Å². The molecule has 5 aliphatic rings. The first kappa shape index (κ1) is 37.2. The summed E-state index contributed by atoms with van der Waals surface area (Å²) in [6.07, 6.45) is 3.99. The van der Waals surface area contributed by atoms with Crippen LogP contribution < -0.4 is 0 Å². The molecule has 5 fully saturated rings. The number of hydrogen-bond acceptors (Lipinski definition) is 1. The van der Waals surface area contributed by atoms with Gasteiger partial charge in [0.05, 0.1) is 0 Å². The fourth-order valence-electron chi connectivity index (χ4n) is 4.73. The van der Waals surface area contributed by atoms with Crippen LogP contribution in [0, 0.1) is 0 Å². The number of ether oxygens (including phenoxy) is 1. The van der Waals surface area contributed by atoms with Gasteiger partial charge in [0.2, 0.25) is 17.7 Å². The summed E-state index contributed by atoms with van der Waals surface area (Å²) in [6, 6.07) is 0. The Hall–Kier alpha value is -0.810. The number of halogens is 11. The van der Waals surface area contributed by atoms with Gasteiger partial charge in [-0.1, -0.05) is 19.3 Å². The van der Waals surface area contributed by atoms with E-state index in [1.165, 1.54) is 0 Å². The quantitative estimate of drug-likeness (QED) is 0.249. The Morgan fingerprint density at radius 2 is 0.800 bits per heavy atom. The van der Waals surface area contributed by atoms with Crippen molar-refractivity contribution in [2.24, 2.45) is 0 Å². The van der Waals surface area contributed by atoms with Gasteiger partial charge in [0.25, 0.3) is 5.92 Å². The lowest BCUT2D eigenvalue weighted by molar-refractivity contribution is -0.348. The average molecular weight is 607 g/mol. The fourth-order valence-corrected chi connectivity index (χ4v) is 4.73. The molecule has 4 saturated carbocycles. The summed E-state index contributed by atoms with van der Waals surface area (Å²) in [5.74, 6) is -9.81. The van der Waals surface area contributed by atoms with Crippen molar-refractivity contribution >= 4 is 0 Å². The highest BCUT2D eigenvalue weighted by molar-refractivity contribution is 4.95. The highest BCUT2D eigenvalue weighted by Gasteiger charge is 2.54. The summed E-state index contributed by atoms with van der Waals surface area (Å²) in [7, 11) is 0. The number of hydrogen-bond donors (Lipinski definition) is 0. The monoisotopic (exact) mass is 606 g/mol. The summed E-state index contributed by atoms with van der Waals surface area (Å²) in [4.78, 5) is 0. The van der Waals surface area contributed by atoms with E-state index in [0.717, 1.165) is 46.0 Å². The van der Waals surface area contributed by atoms with E-state index >= 15 is 0 Å². The maximum absolute atomic E-state index is 12.7. The second kappa shape index (κ2) is 14.6. The van der Waals surface area contributed by atoms with Gasteiger partial charge in [-0.3, -0.25) is 4.74 Å². The van der Waals surface area contributed by atoms with Crippen LogP contribution in [0.2, 0.25) is 0 Å². The Morgan fingerprint density at radius 1 is 0.400 bits per heavy atom. The zero-order valence-corrected chi connectivity index (χ0v) is 23.8. The predicted molar refractivity (Wildman–Crippen MR) is 133 cm³/mol. The van der Waals surface area contributed by atoms with Crippen molar-refractivity contribution in [3.63, 3.8) is 0 Å². The molecule has 0 aromatic heterocycles. The minimum Gasteiger partial charge on any atom is -0.283 e. The minimum absolute atomic E-state index is 0. The predicted octanol–water partition coefficient (Wildman–Crippen LogP) is 11.7. The van der Waals surface area contributed by atoms with Crippen molar-refractivity contribution in [2.75, 3.05) is 0 Å². The summed E-state index contributed by atoms with van der Waals surface area (Å²) < 4.78 is 138. The normalized spacial score (nSPS) is 34.0. The molecule has 1 heterocycles. The Labute approximate surface area is 231 Å². The van der Waals surface area contributed by atoms with Crippen molar-refractivity contribution in [1.82, 2.24) is 0 Å². The summed E-state index contributed by atoms with van der Waals surface area (Å²) in [5.41, 5.74) is -3.05. The Morgan fingerprint density at radius 3 is 0.975 bits per heavy atom. The van der Waals surface area contributed by atoms with E-state index in [1.807, 2.05) is 0 Å². The molecule has 5 rings (SSSR count). The minimum atomic E-state index is -3.26. The molecule has 240 valence electrons. The van der Waals surface area contributed by atoms with E-state index in [1.54, 1.807) is 6.92 Å². The highest BCUT2D eigenvalue weighted by atomic mass is 19.3. The molecule has 1 aliphatic heterocycles. The van der Waals surface area contributed by atoms with Crippen LogP contribution in [0.1, 0.15) is 136 Å². The number of rotatable bonds is 0. The van der Waals surface area contributed by atoms with Gasteiger partial charge >= 0.3 is 6.11 Å². The average Bonchev–Trinajstić information content (AvgIpc) is 3.27. The molecule has 0 radical (unpaired) electrons. The summed E-state index contributed by atoms with van der Waals surface area (Å²) >= 11 is 0. The van der Waals surface area contributed by atoms with Crippen LogP contribution in [0.4, 0.5) is 48.3 Å². The van der Waals surface area contributed by atoms with Crippen molar-refractivity contribution in [3.05, 3.63) is 0 Å². The maximum Gasteiger partial charge on any atom is 0.358 e. The Kier molecular flexibility index (Phi) is 13.6. The van der Waals surface area contributed by atoms with Crippen LogP contribution in [-0.2, 0) is 4.74 Å². The van der Waals surface area contributed by atoms with Crippen molar-refractivity contribution in [1.29, 1.82) is 0 Å². The van der Waals surface area contributed by atoms with Crippen LogP contribution in [0.25, 0.3) is 0 Å². The molecular weight excluding hydrogens is 561 g/mol. The zero-order valence-electron chi connectivity index (χ0n) is 23.8. The first-order valence-electron chi connectivity index (χ1n) is 14.3. The lowest BCUT2D eigenvalue weighted by Gasteiger charge is -2.31. The van der Waals surface area contributed by atoms with Gasteiger partial charge in [-0.15, -0.1) is 0 Å². The van der Waals surface area contributed by atoms with Crippen molar-refractivity contribution in [3.8, 4) is 0 Å². The fraction of sp³-hybridized carbons (Fsp3) is 1.00. The molecule has 2 atom stereocenters. The van der Waals surface area contributed by atoms with Crippen LogP contribution >= 0.6 is 0 Å². The molecule has 0 aromatic carbocycles. The number of alkyl halides is 11. The maximum atomic E-state index is 12.7. The third-order valence-corrected chi connectivity index (χ3v) is 7.67. The van der Waals surface area contributed by atoms with Gasteiger partial charge in [-0.2, -0.15) is 8.78 Å². The molecule has 1 nitrogen and oxygen atoms in total. The van der Waals surface area contributed by atoms with E-state index in [2.05, 4.69) is 4.74 Å². The molecule has 0 aromatic rings. The van der Waals surface area contributed by atoms with E-state index in [9.17, 15) is 48.3 Å². The second-order valence-corrected chi connectivity index (χ2v) is 12.2. The van der Waals surface area contributed by atoms with E-state index in [0.29, 0.717) is 25.7 Å². The lowest BCUT2D eigenvalue weighted by atomic mass is 9.95.